The maximum absolute atomic E-state index is 11.5. The van der Waals surface area contributed by atoms with Crippen molar-refractivity contribution in [3.63, 3.8) is 0 Å². The Kier molecular flexibility index (Phi) is 7.63. The van der Waals surface area contributed by atoms with E-state index in [0.717, 1.165) is 11.1 Å². The topological polar surface area (TPSA) is 96.9 Å². The van der Waals surface area contributed by atoms with Gasteiger partial charge >= 0.3 is 5.97 Å². The number of likely N-dealkylation sites (N-methyl/N-ethyl adjacent to an activating group) is 1. The number of hydrogen-bond donors (Lipinski definition) is 3. The predicted octanol–water partition coefficient (Wildman–Crippen LogP) is 2.20. The Morgan fingerprint density at radius 1 is 1.00 bits per heavy atom. The smallest absolute Gasteiger partial charge is 0.335 e. The average molecular weight is 372 g/mol. The maximum atomic E-state index is 11.5. The van der Waals surface area contributed by atoms with Crippen molar-refractivity contribution in [2.45, 2.75) is 20.0 Å². The minimum atomic E-state index is -0.934. The SMILES string of the molecule is CCNC(=O)COc1ccc(CNCc2ccc(C(=O)O)cc2)cc1OC. The molecule has 0 atom stereocenters. The molecule has 0 aliphatic rings. The van der Waals surface area contributed by atoms with Crippen molar-refractivity contribution >= 4 is 11.9 Å². The Morgan fingerprint density at radius 2 is 1.67 bits per heavy atom. The first-order valence-electron chi connectivity index (χ1n) is 8.62. The summed E-state index contributed by atoms with van der Waals surface area (Å²) in [4.78, 5) is 22.4. The first kappa shape index (κ1) is 20.3. The van der Waals surface area contributed by atoms with Crippen LogP contribution in [0.3, 0.4) is 0 Å². The van der Waals surface area contributed by atoms with Gasteiger partial charge in [0.2, 0.25) is 0 Å². The molecular formula is C20H24N2O5. The highest BCUT2D eigenvalue weighted by molar-refractivity contribution is 5.87. The zero-order chi connectivity index (χ0) is 19.6. The van der Waals surface area contributed by atoms with Gasteiger partial charge in [-0.1, -0.05) is 18.2 Å². The van der Waals surface area contributed by atoms with Gasteiger partial charge in [-0.05, 0) is 42.3 Å². The Morgan fingerprint density at radius 3 is 2.30 bits per heavy atom. The summed E-state index contributed by atoms with van der Waals surface area (Å²) in [5, 5.41) is 14.9. The van der Waals surface area contributed by atoms with Crippen molar-refractivity contribution in [1.82, 2.24) is 10.6 Å². The second kappa shape index (κ2) is 10.2. The monoisotopic (exact) mass is 372 g/mol. The molecule has 2 aromatic rings. The Hall–Kier alpha value is -3.06. The molecule has 0 heterocycles. The van der Waals surface area contributed by atoms with Crippen LogP contribution in [0.25, 0.3) is 0 Å². The molecule has 1 amide bonds. The number of amides is 1. The molecule has 2 aromatic carbocycles. The molecule has 0 aromatic heterocycles. The molecule has 3 N–H and O–H groups in total. The summed E-state index contributed by atoms with van der Waals surface area (Å²) in [5.74, 6) is -0.0449. The van der Waals surface area contributed by atoms with Gasteiger partial charge in [0.25, 0.3) is 5.91 Å². The van der Waals surface area contributed by atoms with Crippen molar-refractivity contribution in [2.75, 3.05) is 20.3 Å². The van der Waals surface area contributed by atoms with Gasteiger partial charge in [-0.25, -0.2) is 4.79 Å². The van der Waals surface area contributed by atoms with E-state index in [1.54, 1.807) is 37.4 Å². The summed E-state index contributed by atoms with van der Waals surface area (Å²) in [5.41, 5.74) is 2.26. The number of methoxy groups -OCH3 is 1. The van der Waals surface area contributed by atoms with Crippen LogP contribution in [0.4, 0.5) is 0 Å². The van der Waals surface area contributed by atoms with Crippen molar-refractivity contribution < 1.29 is 24.2 Å². The minimum absolute atomic E-state index is 0.0614. The molecule has 0 aliphatic carbocycles. The third-order valence-corrected chi connectivity index (χ3v) is 3.82. The molecule has 0 saturated carbocycles. The van der Waals surface area contributed by atoms with Crippen LogP contribution in [-0.4, -0.2) is 37.2 Å². The van der Waals surface area contributed by atoms with E-state index in [0.29, 0.717) is 31.1 Å². The van der Waals surface area contributed by atoms with E-state index >= 15 is 0 Å². The highest BCUT2D eigenvalue weighted by Crippen LogP contribution is 2.28. The molecule has 0 saturated heterocycles. The van der Waals surface area contributed by atoms with Crippen LogP contribution in [-0.2, 0) is 17.9 Å². The van der Waals surface area contributed by atoms with Crippen LogP contribution >= 0.6 is 0 Å². The Labute approximate surface area is 158 Å². The van der Waals surface area contributed by atoms with Crippen LogP contribution in [0.1, 0.15) is 28.4 Å². The summed E-state index contributed by atoms with van der Waals surface area (Å²) < 4.78 is 10.8. The second-order valence-electron chi connectivity index (χ2n) is 5.83. The first-order valence-corrected chi connectivity index (χ1v) is 8.62. The number of carbonyl (C=O) groups is 2. The van der Waals surface area contributed by atoms with Crippen molar-refractivity contribution in [3.05, 3.63) is 59.2 Å². The van der Waals surface area contributed by atoms with Gasteiger partial charge in [-0.15, -0.1) is 0 Å². The number of nitrogens with one attached hydrogen (secondary N) is 2. The van der Waals surface area contributed by atoms with E-state index in [1.807, 2.05) is 19.1 Å². The Bertz CT molecular complexity index is 774. The fourth-order valence-electron chi connectivity index (χ4n) is 2.45. The van der Waals surface area contributed by atoms with Gasteiger partial charge in [0.15, 0.2) is 18.1 Å². The van der Waals surface area contributed by atoms with Crippen molar-refractivity contribution in [1.29, 1.82) is 0 Å². The zero-order valence-electron chi connectivity index (χ0n) is 15.5. The van der Waals surface area contributed by atoms with Gasteiger partial charge < -0.3 is 25.2 Å². The summed E-state index contributed by atoms with van der Waals surface area (Å²) in [6.07, 6.45) is 0. The molecule has 27 heavy (non-hydrogen) atoms. The molecule has 144 valence electrons. The number of carboxylic acids is 1. The zero-order valence-corrected chi connectivity index (χ0v) is 15.5. The summed E-state index contributed by atoms with van der Waals surface area (Å²) in [6.45, 7) is 3.56. The lowest BCUT2D eigenvalue weighted by molar-refractivity contribution is -0.123. The molecule has 0 aliphatic heterocycles. The van der Waals surface area contributed by atoms with E-state index in [9.17, 15) is 9.59 Å². The number of carboxylic acid groups (broad SMARTS) is 1. The molecule has 0 radical (unpaired) electrons. The fourth-order valence-corrected chi connectivity index (χ4v) is 2.45. The number of benzene rings is 2. The van der Waals surface area contributed by atoms with Crippen LogP contribution in [0, 0.1) is 0 Å². The van der Waals surface area contributed by atoms with Crippen molar-refractivity contribution in [3.8, 4) is 11.5 Å². The molecule has 7 heteroatoms. The van der Waals surface area contributed by atoms with Gasteiger partial charge in [0.05, 0.1) is 12.7 Å². The summed E-state index contributed by atoms with van der Waals surface area (Å²) in [6, 6.07) is 12.3. The lowest BCUT2D eigenvalue weighted by atomic mass is 10.1. The molecule has 2 rings (SSSR count). The van der Waals surface area contributed by atoms with Crippen LogP contribution in [0.15, 0.2) is 42.5 Å². The third-order valence-electron chi connectivity index (χ3n) is 3.82. The number of carbonyl (C=O) groups excluding carboxylic acids is 1. The van der Waals surface area contributed by atoms with E-state index in [1.165, 1.54) is 0 Å². The maximum Gasteiger partial charge on any atom is 0.335 e. The number of aromatic carboxylic acids is 1. The molecule has 0 spiro atoms. The standard InChI is InChI=1S/C20H24N2O5/c1-3-22-19(23)13-27-17-9-6-15(10-18(17)26-2)12-21-11-14-4-7-16(8-5-14)20(24)25/h4-10,21H,3,11-13H2,1-2H3,(H,22,23)(H,24,25). The third kappa shape index (κ3) is 6.31. The first-order chi connectivity index (χ1) is 13.0. The van der Waals surface area contributed by atoms with Crippen LogP contribution < -0.4 is 20.1 Å². The van der Waals surface area contributed by atoms with E-state index < -0.39 is 5.97 Å². The second-order valence-corrected chi connectivity index (χ2v) is 5.83. The highest BCUT2D eigenvalue weighted by Gasteiger charge is 2.08. The lowest BCUT2D eigenvalue weighted by Crippen LogP contribution is -2.28. The van der Waals surface area contributed by atoms with Crippen LogP contribution in [0.5, 0.6) is 11.5 Å². The minimum Gasteiger partial charge on any atom is -0.493 e. The van der Waals surface area contributed by atoms with Gasteiger partial charge in [-0.2, -0.15) is 0 Å². The summed E-state index contributed by atoms with van der Waals surface area (Å²) >= 11 is 0. The quantitative estimate of drug-likeness (QED) is 0.592. The Balaban J connectivity index is 1.89. The van der Waals surface area contributed by atoms with E-state index in [-0.39, 0.29) is 18.1 Å². The molecule has 0 fully saturated rings. The number of hydrogen-bond acceptors (Lipinski definition) is 5. The largest absolute Gasteiger partial charge is 0.493 e. The lowest BCUT2D eigenvalue weighted by Gasteiger charge is -2.12. The van der Waals surface area contributed by atoms with Crippen molar-refractivity contribution in [2.24, 2.45) is 0 Å². The van der Waals surface area contributed by atoms with E-state index in [4.69, 9.17) is 14.6 Å². The molecular weight excluding hydrogens is 348 g/mol. The molecule has 0 unspecified atom stereocenters. The highest BCUT2D eigenvalue weighted by atomic mass is 16.5. The molecule has 0 bridgehead atoms. The van der Waals surface area contributed by atoms with Gasteiger partial charge in [0, 0.05) is 19.6 Å². The number of rotatable bonds is 10. The van der Waals surface area contributed by atoms with Crippen LogP contribution in [0.2, 0.25) is 0 Å². The normalized spacial score (nSPS) is 10.3. The fraction of sp³-hybridized carbons (Fsp3) is 0.300. The predicted molar refractivity (Wildman–Crippen MR) is 101 cm³/mol. The van der Waals surface area contributed by atoms with E-state index in [2.05, 4.69) is 10.6 Å². The van der Waals surface area contributed by atoms with Gasteiger partial charge in [0.1, 0.15) is 0 Å². The molecule has 7 nitrogen and oxygen atoms in total. The average Bonchev–Trinajstić information content (AvgIpc) is 2.67. The van der Waals surface area contributed by atoms with Gasteiger partial charge in [-0.3, -0.25) is 4.79 Å². The number of ether oxygens (including phenoxy) is 2. The summed E-state index contributed by atoms with van der Waals surface area (Å²) in [7, 11) is 1.55.